The third kappa shape index (κ3) is 6.83. The molecule has 1 aromatic rings. The Balaban J connectivity index is 2.80. The topological polar surface area (TPSA) is 107 Å². The van der Waals surface area contributed by atoms with E-state index in [0.717, 1.165) is 5.56 Å². The van der Waals surface area contributed by atoms with Crippen LogP contribution in [0.25, 0.3) is 0 Å². The summed E-state index contributed by atoms with van der Waals surface area (Å²) >= 11 is 0. The number of hydrogen-bond acceptors (Lipinski definition) is 5. The SMILES string of the molecule is COC(=O)CCN(CCc1ccc(S(N)(=O)=O)cc1)C(=O)C(C)(C)C. The Kier molecular flexibility index (Phi) is 7.13. The first kappa shape index (κ1) is 21.1. The van der Waals surface area contributed by atoms with E-state index in [0.29, 0.717) is 13.0 Å². The zero-order valence-electron chi connectivity index (χ0n) is 15.1. The molecule has 0 aliphatic rings. The summed E-state index contributed by atoms with van der Waals surface area (Å²) in [5.41, 5.74) is 0.310. The average molecular weight is 370 g/mol. The van der Waals surface area contributed by atoms with Crippen molar-refractivity contribution < 1.29 is 22.7 Å². The molecule has 1 rings (SSSR count). The number of hydrogen-bond donors (Lipinski definition) is 1. The summed E-state index contributed by atoms with van der Waals surface area (Å²) < 4.78 is 27.2. The molecule has 0 spiro atoms. The fraction of sp³-hybridized carbons (Fsp3) is 0.529. The highest BCUT2D eigenvalue weighted by Gasteiger charge is 2.27. The van der Waals surface area contributed by atoms with Gasteiger partial charge < -0.3 is 9.64 Å². The number of sulfonamides is 1. The van der Waals surface area contributed by atoms with Crippen LogP contribution >= 0.6 is 0 Å². The summed E-state index contributed by atoms with van der Waals surface area (Å²) in [4.78, 5) is 25.6. The van der Waals surface area contributed by atoms with Gasteiger partial charge in [-0.2, -0.15) is 0 Å². The van der Waals surface area contributed by atoms with Crippen molar-refractivity contribution in [3.05, 3.63) is 29.8 Å². The predicted octanol–water partition coefficient (Wildman–Crippen LogP) is 1.31. The standard InChI is InChI=1S/C17H26N2O5S/c1-17(2,3)16(21)19(12-10-15(20)24-4)11-9-13-5-7-14(8-6-13)25(18,22)23/h5-8H,9-12H2,1-4H3,(H2,18,22,23). The Morgan fingerprint density at radius 2 is 1.68 bits per heavy atom. The van der Waals surface area contributed by atoms with Crippen molar-refractivity contribution in [1.82, 2.24) is 4.90 Å². The minimum atomic E-state index is -3.72. The smallest absolute Gasteiger partial charge is 0.307 e. The van der Waals surface area contributed by atoms with Crippen molar-refractivity contribution in [3.63, 3.8) is 0 Å². The Morgan fingerprint density at radius 3 is 2.12 bits per heavy atom. The molecular formula is C17H26N2O5S. The van der Waals surface area contributed by atoms with Gasteiger partial charge in [0.25, 0.3) is 0 Å². The molecule has 1 aromatic carbocycles. The van der Waals surface area contributed by atoms with Crippen LogP contribution in [0.5, 0.6) is 0 Å². The van der Waals surface area contributed by atoms with E-state index in [1.165, 1.54) is 19.2 Å². The highest BCUT2D eigenvalue weighted by molar-refractivity contribution is 7.89. The molecule has 1 amide bonds. The van der Waals surface area contributed by atoms with Crippen LogP contribution < -0.4 is 5.14 Å². The van der Waals surface area contributed by atoms with Crippen LogP contribution in [0.3, 0.4) is 0 Å². The van der Waals surface area contributed by atoms with E-state index in [1.807, 2.05) is 20.8 Å². The fourth-order valence-corrected chi connectivity index (χ4v) is 2.74. The van der Waals surface area contributed by atoms with Crippen molar-refractivity contribution in [2.75, 3.05) is 20.2 Å². The van der Waals surface area contributed by atoms with Crippen LogP contribution in [0, 0.1) is 5.41 Å². The molecule has 0 heterocycles. The molecule has 0 bridgehead atoms. The first-order valence-corrected chi connectivity index (χ1v) is 9.47. The van der Waals surface area contributed by atoms with Gasteiger partial charge in [-0.1, -0.05) is 32.9 Å². The molecule has 0 aliphatic carbocycles. The fourth-order valence-electron chi connectivity index (χ4n) is 2.23. The lowest BCUT2D eigenvalue weighted by molar-refractivity contribution is -0.143. The molecule has 0 atom stereocenters. The second kappa shape index (κ2) is 8.44. The molecule has 0 fully saturated rings. The molecule has 25 heavy (non-hydrogen) atoms. The summed E-state index contributed by atoms with van der Waals surface area (Å²) in [5, 5.41) is 5.07. The van der Waals surface area contributed by atoms with Gasteiger partial charge in [-0.25, -0.2) is 13.6 Å². The van der Waals surface area contributed by atoms with Crippen LogP contribution in [0.15, 0.2) is 29.2 Å². The molecule has 0 radical (unpaired) electrons. The zero-order valence-corrected chi connectivity index (χ0v) is 15.9. The van der Waals surface area contributed by atoms with E-state index < -0.39 is 15.4 Å². The van der Waals surface area contributed by atoms with Gasteiger partial charge >= 0.3 is 5.97 Å². The number of nitrogens with zero attached hydrogens (tertiary/aromatic N) is 1. The van der Waals surface area contributed by atoms with Crippen molar-refractivity contribution in [3.8, 4) is 0 Å². The van der Waals surface area contributed by atoms with E-state index in [2.05, 4.69) is 4.74 Å². The van der Waals surface area contributed by atoms with E-state index in [4.69, 9.17) is 5.14 Å². The maximum Gasteiger partial charge on any atom is 0.307 e. The van der Waals surface area contributed by atoms with Crippen LogP contribution in [-0.4, -0.2) is 45.4 Å². The molecule has 0 unspecified atom stereocenters. The lowest BCUT2D eigenvalue weighted by atomic mass is 9.94. The Bertz CT molecular complexity index is 706. The molecule has 2 N–H and O–H groups in total. The van der Waals surface area contributed by atoms with Gasteiger partial charge in [0.15, 0.2) is 0 Å². The highest BCUT2D eigenvalue weighted by atomic mass is 32.2. The summed E-state index contributed by atoms with van der Waals surface area (Å²) in [5.74, 6) is -0.429. The molecule has 8 heteroatoms. The number of carbonyl (C=O) groups excluding carboxylic acids is 2. The first-order valence-electron chi connectivity index (χ1n) is 7.93. The van der Waals surface area contributed by atoms with E-state index in [1.54, 1.807) is 17.0 Å². The lowest BCUT2D eigenvalue weighted by Gasteiger charge is -2.29. The molecular weight excluding hydrogens is 344 g/mol. The zero-order chi connectivity index (χ0) is 19.3. The first-order chi connectivity index (χ1) is 11.4. The summed E-state index contributed by atoms with van der Waals surface area (Å²) in [6.07, 6.45) is 0.663. The molecule has 7 nitrogen and oxygen atoms in total. The average Bonchev–Trinajstić information content (AvgIpc) is 2.52. The Hall–Kier alpha value is -1.93. The number of ether oxygens (including phenoxy) is 1. The van der Waals surface area contributed by atoms with Gasteiger partial charge in [0.1, 0.15) is 0 Å². The van der Waals surface area contributed by atoms with Crippen LogP contribution in [0.4, 0.5) is 0 Å². The van der Waals surface area contributed by atoms with E-state index in [-0.39, 0.29) is 29.7 Å². The number of primary sulfonamides is 1. The number of benzene rings is 1. The summed E-state index contributed by atoms with van der Waals surface area (Å²) in [6, 6.07) is 6.21. The molecule has 0 aliphatic heterocycles. The molecule has 140 valence electrons. The number of methoxy groups -OCH3 is 1. The van der Waals surface area contributed by atoms with Crippen molar-refractivity contribution in [2.24, 2.45) is 10.6 Å². The number of rotatable bonds is 7. The lowest BCUT2D eigenvalue weighted by Crippen LogP contribution is -2.41. The number of nitrogens with two attached hydrogens (primary N) is 1. The Labute approximate surface area is 149 Å². The second-order valence-corrected chi connectivity index (χ2v) is 8.37. The largest absolute Gasteiger partial charge is 0.469 e. The molecule has 0 aromatic heterocycles. The van der Waals surface area contributed by atoms with E-state index in [9.17, 15) is 18.0 Å². The van der Waals surface area contributed by atoms with Crippen molar-refractivity contribution in [1.29, 1.82) is 0 Å². The number of esters is 1. The highest BCUT2D eigenvalue weighted by Crippen LogP contribution is 2.18. The summed E-state index contributed by atoms with van der Waals surface area (Å²) in [7, 11) is -2.41. The molecule has 0 saturated heterocycles. The van der Waals surface area contributed by atoms with E-state index >= 15 is 0 Å². The maximum atomic E-state index is 12.6. The van der Waals surface area contributed by atoms with Gasteiger partial charge in [-0.05, 0) is 24.1 Å². The minimum absolute atomic E-state index is 0.0459. The normalized spacial score (nSPS) is 11.9. The van der Waals surface area contributed by atoms with Crippen LogP contribution in [0.1, 0.15) is 32.8 Å². The third-order valence-electron chi connectivity index (χ3n) is 3.66. The van der Waals surface area contributed by atoms with Crippen molar-refractivity contribution >= 4 is 21.9 Å². The second-order valence-electron chi connectivity index (χ2n) is 6.81. The number of carbonyl (C=O) groups is 2. The van der Waals surface area contributed by atoms with Gasteiger partial charge in [0.2, 0.25) is 15.9 Å². The van der Waals surface area contributed by atoms with Gasteiger partial charge in [0.05, 0.1) is 18.4 Å². The summed E-state index contributed by atoms with van der Waals surface area (Å²) in [6.45, 7) is 6.16. The van der Waals surface area contributed by atoms with Crippen LogP contribution in [0.2, 0.25) is 0 Å². The van der Waals surface area contributed by atoms with Crippen molar-refractivity contribution in [2.45, 2.75) is 38.5 Å². The van der Waals surface area contributed by atoms with Gasteiger partial charge in [-0.3, -0.25) is 9.59 Å². The van der Waals surface area contributed by atoms with Gasteiger partial charge in [-0.15, -0.1) is 0 Å². The predicted molar refractivity (Wildman–Crippen MR) is 94.2 cm³/mol. The quantitative estimate of drug-likeness (QED) is 0.728. The third-order valence-corrected chi connectivity index (χ3v) is 4.59. The molecule has 0 saturated carbocycles. The van der Waals surface area contributed by atoms with Crippen LogP contribution in [-0.2, 0) is 30.8 Å². The maximum absolute atomic E-state index is 12.6. The number of amides is 1. The Morgan fingerprint density at radius 1 is 1.12 bits per heavy atom. The minimum Gasteiger partial charge on any atom is -0.469 e. The monoisotopic (exact) mass is 370 g/mol. The van der Waals surface area contributed by atoms with Gasteiger partial charge in [0, 0.05) is 18.5 Å².